The molecule has 0 aromatic heterocycles. The molecule has 0 N–H and O–H groups in total. The van der Waals surface area contributed by atoms with Crippen molar-refractivity contribution >= 4 is 21.6 Å². The smallest absolute Gasteiger partial charge is 0.258 e. The predicted octanol–water partition coefficient (Wildman–Crippen LogP) is 4.76. The van der Waals surface area contributed by atoms with Gasteiger partial charge < -0.3 is 0 Å². The SMILES string of the molecule is O=[N+]([O-])c1ccc(CC(Br)c2ccc3c(c2)CCC3)cc1. The van der Waals surface area contributed by atoms with Crippen molar-refractivity contribution in [3.05, 3.63) is 74.8 Å². The zero-order valence-corrected chi connectivity index (χ0v) is 13.2. The lowest BCUT2D eigenvalue weighted by molar-refractivity contribution is -0.384. The summed E-state index contributed by atoms with van der Waals surface area (Å²) in [5, 5.41) is 10.7. The molecule has 3 nitrogen and oxygen atoms in total. The highest BCUT2D eigenvalue weighted by atomic mass is 79.9. The summed E-state index contributed by atoms with van der Waals surface area (Å²) in [6.07, 6.45) is 4.47. The fraction of sp³-hybridized carbons (Fsp3) is 0.294. The summed E-state index contributed by atoms with van der Waals surface area (Å²) in [6, 6.07) is 13.5. The van der Waals surface area contributed by atoms with Crippen LogP contribution in [0.3, 0.4) is 0 Å². The first kappa shape index (κ1) is 14.3. The van der Waals surface area contributed by atoms with Crippen molar-refractivity contribution in [1.82, 2.24) is 0 Å². The van der Waals surface area contributed by atoms with E-state index in [2.05, 4.69) is 34.1 Å². The second-order valence-electron chi connectivity index (χ2n) is 5.48. The van der Waals surface area contributed by atoms with E-state index >= 15 is 0 Å². The molecule has 0 amide bonds. The Kier molecular flexibility index (Phi) is 4.06. The number of nitro groups is 1. The van der Waals surface area contributed by atoms with Gasteiger partial charge in [0.05, 0.1) is 4.92 Å². The molecule has 4 heteroatoms. The number of alkyl halides is 1. The molecule has 0 spiro atoms. The third-order valence-electron chi connectivity index (χ3n) is 4.05. The van der Waals surface area contributed by atoms with Crippen molar-refractivity contribution in [3.8, 4) is 0 Å². The number of hydrogen-bond donors (Lipinski definition) is 0. The lowest BCUT2D eigenvalue weighted by Gasteiger charge is -2.12. The Morgan fingerprint density at radius 2 is 1.81 bits per heavy atom. The van der Waals surface area contributed by atoms with Crippen molar-refractivity contribution in [1.29, 1.82) is 0 Å². The van der Waals surface area contributed by atoms with Crippen LogP contribution in [0.2, 0.25) is 0 Å². The standard InChI is InChI=1S/C17H16BrNO2/c18-17(10-12-4-8-16(9-5-12)19(20)21)15-7-6-13-2-1-3-14(13)11-15/h4-9,11,17H,1-3,10H2. The van der Waals surface area contributed by atoms with Crippen LogP contribution in [0.25, 0.3) is 0 Å². The Hall–Kier alpha value is -1.68. The summed E-state index contributed by atoms with van der Waals surface area (Å²) in [6.45, 7) is 0. The maximum absolute atomic E-state index is 10.7. The van der Waals surface area contributed by atoms with Crippen LogP contribution in [-0.2, 0) is 19.3 Å². The van der Waals surface area contributed by atoms with E-state index in [0.29, 0.717) is 0 Å². The average molecular weight is 346 g/mol. The van der Waals surface area contributed by atoms with Gasteiger partial charge in [-0.25, -0.2) is 0 Å². The number of rotatable bonds is 4. The van der Waals surface area contributed by atoms with E-state index in [9.17, 15) is 10.1 Å². The Bertz CT molecular complexity index is 667. The summed E-state index contributed by atoms with van der Waals surface area (Å²) >= 11 is 3.74. The molecule has 0 saturated carbocycles. The Balaban J connectivity index is 1.73. The number of aryl methyl sites for hydroxylation is 2. The van der Waals surface area contributed by atoms with Crippen LogP contribution in [0, 0.1) is 10.1 Å². The van der Waals surface area contributed by atoms with Crippen LogP contribution in [0.1, 0.15) is 33.5 Å². The van der Waals surface area contributed by atoms with E-state index in [1.54, 1.807) is 12.1 Å². The number of benzene rings is 2. The summed E-state index contributed by atoms with van der Waals surface area (Å²) in [4.78, 5) is 10.5. The number of non-ortho nitro benzene ring substituents is 1. The molecular weight excluding hydrogens is 330 g/mol. The van der Waals surface area contributed by atoms with Gasteiger partial charge in [-0.05, 0) is 47.9 Å². The highest BCUT2D eigenvalue weighted by Crippen LogP contribution is 2.31. The maximum atomic E-state index is 10.7. The predicted molar refractivity (Wildman–Crippen MR) is 86.9 cm³/mol. The van der Waals surface area contributed by atoms with Crippen LogP contribution in [0.5, 0.6) is 0 Å². The van der Waals surface area contributed by atoms with E-state index in [4.69, 9.17) is 0 Å². The Labute approximate surface area is 132 Å². The van der Waals surface area contributed by atoms with Gasteiger partial charge in [0, 0.05) is 17.0 Å². The molecule has 0 fully saturated rings. The van der Waals surface area contributed by atoms with Crippen molar-refractivity contribution in [3.63, 3.8) is 0 Å². The van der Waals surface area contributed by atoms with Gasteiger partial charge in [0.25, 0.3) is 5.69 Å². The van der Waals surface area contributed by atoms with Gasteiger partial charge in [-0.15, -0.1) is 0 Å². The molecule has 1 unspecified atom stereocenters. The number of nitro benzene ring substituents is 1. The molecule has 1 aliphatic rings. The van der Waals surface area contributed by atoms with Crippen molar-refractivity contribution in [2.45, 2.75) is 30.5 Å². The molecule has 2 aromatic rings. The fourth-order valence-electron chi connectivity index (χ4n) is 2.87. The van der Waals surface area contributed by atoms with Crippen LogP contribution in [-0.4, -0.2) is 4.92 Å². The lowest BCUT2D eigenvalue weighted by atomic mass is 10.0. The minimum Gasteiger partial charge on any atom is -0.258 e. The lowest BCUT2D eigenvalue weighted by Crippen LogP contribution is -1.97. The van der Waals surface area contributed by atoms with E-state index in [0.717, 1.165) is 12.0 Å². The Morgan fingerprint density at radius 3 is 2.52 bits per heavy atom. The second-order valence-corrected chi connectivity index (χ2v) is 6.58. The fourth-order valence-corrected chi connectivity index (χ4v) is 3.52. The number of fused-ring (bicyclic) bond motifs is 1. The molecule has 2 aromatic carbocycles. The van der Waals surface area contributed by atoms with Crippen LogP contribution >= 0.6 is 15.9 Å². The zero-order valence-electron chi connectivity index (χ0n) is 11.6. The molecule has 1 aliphatic carbocycles. The third kappa shape index (κ3) is 3.16. The van der Waals surface area contributed by atoms with Crippen LogP contribution in [0.15, 0.2) is 42.5 Å². The van der Waals surface area contributed by atoms with E-state index in [1.807, 2.05) is 12.1 Å². The third-order valence-corrected chi connectivity index (χ3v) is 4.90. The van der Waals surface area contributed by atoms with Gasteiger partial charge in [-0.2, -0.15) is 0 Å². The highest BCUT2D eigenvalue weighted by molar-refractivity contribution is 9.09. The van der Waals surface area contributed by atoms with Gasteiger partial charge >= 0.3 is 0 Å². The molecule has 0 heterocycles. The largest absolute Gasteiger partial charge is 0.269 e. The average Bonchev–Trinajstić information content (AvgIpc) is 2.95. The summed E-state index contributed by atoms with van der Waals surface area (Å²) in [7, 11) is 0. The summed E-state index contributed by atoms with van der Waals surface area (Å²) in [5.41, 5.74) is 5.48. The van der Waals surface area contributed by atoms with E-state index in [-0.39, 0.29) is 15.4 Å². The molecule has 0 bridgehead atoms. The summed E-state index contributed by atoms with van der Waals surface area (Å²) < 4.78 is 0. The van der Waals surface area contributed by atoms with Gasteiger partial charge in [0.15, 0.2) is 0 Å². The molecule has 0 radical (unpaired) electrons. The number of halogens is 1. The normalized spacial score (nSPS) is 14.7. The minimum absolute atomic E-state index is 0.141. The number of nitrogens with zero attached hydrogens (tertiary/aromatic N) is 1. The molecule has 0 saturated heterocycles. The Morgan fingerprint density at radius 1 is 1.10 bits per heavy atom. The quantitative estimate of drug-likeness (QED) is 0.455. The molecule has 3 rings (SSSR count). The van der Waals surface area contributed by atoms with Crippen molar-refractivity contribution in [2.24, 2.45) is 0 Å². The molecule has 108 valence electrons. The van der Waals surface area contributed by atoms with E-state index < -0.39 is 0 Å². The van der Waals surface area contributed by atoms with Crippen LogP contribution in [0.4, 0.5) is 5.69 Å². The molecule has 21 heavy (non-hydrogen) atoms. The maximum Gasteiger partial charge on any atom is 0.269 e. The first-order chi connectivity index (χ1) is 10.1. The van der Waals surface area contributed by atoms with Crippen LogP contribution < -0.4 is 0 Å². The molecule has 1 atom stereocenters. The monoisotopic (exact) mass is 345 g/mol. The second kappa shape index (κ2) is 5.98. The van der Waals surface area contributed by atoms with Gasteiger partial charge in [-0.1, -0.05) is 46.3 Å². The van der Waals surface area contributed by atoms with E-state index in [1.165, 1.54) is 36.0 Å². The van der Waals surface area contributed by atoms with Crippen molar-refractivity contribution in [2.75, 3.05) is 0 Å². The van der Waals surface area contributed by atoms with Gasteiger partial charge in [-0.3, -0.25) is 10.1 Å². The van der Waals surface area contributed by atoms with Gasteiger partial charge in [0.1, 0.15) is 0 Å². The first-order valence-corrected chi connectivity index (χ1v) is 8.04. The first-order valence-electron chi connectivity index (χ1n) is 7.12. The summed E-state index contributed by atoms with van der Waals surface area (Å²) in [5.74, 6) is 0. The topological polar surface area (TPSA) is 43.1 Å². The highest BCUT2D eigenvalue weighted by Gasteiger charge is 2.15. The molecule has 0 aliphatic heterocycles. The zero-order chi connectivity index (χ0) is 14.8. The molecular formula is C17H16BrNO2. The number of hydrogen-bond acceptors (Lipinski definition) is 2. The van der Waals surface area contributed by atoms with Crippen molar-refractivity contribution < 1.29 is 4.92 Å². The van der Waals surface area contributed by atoms with Gasteiger partial charge in [0.2, 0.25) is 0 Å². The minimum atomic E-state index is -0.365.